The van der Waals surface area contributed by atoms with Gasteiger partial charge >= 0.3 is 0 Å². The van der Waals surface area contributed by atoms with Crippen LogP contribution in [0.15, 0.2) is 53.5 Å². The zero-order valence-electron chi connectivity index (χ0n) is 23.5. The summed E-state index contributed by atoms with van der Waals surface area (Å²) in [6.45, 7) is 11.3. The van der Waals surface area contributed by atoms with Crippen LogP contribution in [0.1, 0.15) is 81.4 Å². The molecule has 2 aliphatic rings. The minimum absolute atomic E-state index is 0.00256. The zero-order chi connectivity index (χ0) is 28.5. The van der Waals surface area contributed by atoms with Gasteiger partial charge in [0.2, 0.25) is 0 Å². The summed E-state index contributed by atoms with van der Waals surface area (Å²) in [7, 11) is 0. The predicted molar refractivity (Wildman–Crippen MR) is 157 cm³/mol. The smallest absolute Gasteiger partial charge is 0.274 e. The quantitative estimate of drug-likeness (QED) is 0.256. The van der Waals surface area contributed by atoms with Crippen LogP contribution in [-0.4, -0.2) is 41.0 Å². The van der Waals surface area contributed by atoms with E-state index in [-0.39, 0.29) is 41.8 Å². The molecule has 39 heavy (non-hydrogen) atoms. The van der Waals surface area contributed by atoms with E-state index in [4.69, 9.17) is 27.7 Å². The van der Waals surface area contributed by atoms with Gasteiger partial charge in [0.25, 0.3) is 11.8 Å². The molecule has 0 radical (unpaired) electrons. The normalized spacial score (nSPS) is 19.8. The summed E-state index contributed by atoms with van der Waals surface area (Å²) < 4.78 is 0. The number of amides is 2. The minimum atomic E-state index is -0.298. The number of rotatable bonds is 10. The third-order valence-electron chi connectivity index (χ3n) is 8.29. The summed E-state index contributed by atoms with van der Waals surface area (Å²) in [5.41, 5.74) is 8.07. The number of nitrogens with two attached hydrogens (primary N) is 1. The molecule has 1 saturated carbocycles. The number of nitrogens with one attached hydrogen (secondary N) is 2. The molecule has 0 aromatic heterocycles. The second-order valence-electron chi connectivity index (χ2n) is 12.1. The molecule has 4 N–H and O–H groups in total. The topological polar surface area (TPSA) is 112 Å². The summed E-state index contributed by atoms with van der Waals surface area (Å²) in [5, 5.41) is 10.5. The molecular formula is C31H40ClN5O2. The Morgan fingerprint density at radius 2 is 1.79 bits per heavy atom. The molecule has 0 saturated heterocycles. The Morgan fingerprint density at radius 3 is 2.36 bits per heavy atom. The lowest BCUT2D eigenvalue weighted by molar-refractivity contribution is -0.128. The van der Waals surface area contributed by atoms with Crippen molar-refractivity contribution >= 4 is 35.0 Å². The molecule has 1 aliphatic carbocycles. The molecule has 8 heteroatoms. The summed E-state index contributed by atoms with van der Waals surface area (Å²) >= 11 is 6.53. The Bertz CT molecular complexity index is 1260. The van der Waals surface area contributed by atoms with Crippen molar-refractivity contribution in [1.29, 1.82) is 5.41 Å². The highest BCUT2D eigenvalue weighted by Gasteiger charge is 2.47. The van der Waals surface area contributed by atoms with Gasteiger partial charge in [-0.05, 0) is 66.2 Å². The van der Waals surface area contributed by atoms with Gasteiger partial charge in [0.1, 0.15) is 17.7 Å². The number of nitrogens with zero attached hydrogens (tertiary/aromatic N) is 2. The SMILES string of the molecule is CC(CC1N=C(c2ccccc2Cl)C(=O)N1C(c1ccc(C(=O)NCC(=N)N)cc1)C1CC1)C(C)C(C)(C)C. The molecule has 2 aromatic carbocycles. The molecule has 2 amide bonds. The van der Waals surface area contributed by atoms with E-state index in [9.17, 15) is 9.59 Å². The van der Waals surface area contributed by atoms with Crippen LogP contribution in [0.3, 0.4) is 0 Å². The highest BCUT2D eigenvalue weighted by Crippen LogP contribution is 2.48. The average Bonchev–Trinajstić information content (AvgIpc) is 3.67. The number of carbonyl (C=O) groups is 2. The molecule has 4 rings (SSSR count). The summed E-state index contributed by atoms with van der Waals surface area (Å²) in [6.07, 6.45) is 2.54. The summed E-state index contributed by atoms with van der Waals surface area (Å²) in [4.78, 5) is 33.6. The van der Waals surface area contributed by atoms with Crippen LogP contribution in [0.2, 0.25) is 5.02 Å². The van der Waals surface area contributed by atoms with Crippen LogP contribution in [-0.2, 0) is 4.79 Å². The number of hydrogen-bond donors (Lipinski definition) is 3. The standard InChI is InChI=1S/C31H40ClN5O2/c1-18(19(2)31(3,4)5)16-26-36-27(23-8-6-7-9-24(23)32)30(39)37(26)28(20-10-11-20)21-12-14-22(15-13-21)29(38)35-17-25(33)34/h6-9,12-15,18-20,26,28H,10-11,16-17H2,1-5H3,(H3,33,34)(H,35,38). The minimum Gasteiger partial charge on any atom is -0.386 e. The second kappa shape index (κ2) is 11.5. The molecule has 1 fully saturated rings. The van der Waals surface area contributed by atoms with Gasteiger partial charge in [-0.1, -0.05) is 76.6 Å². The van der Waals surface area contributed by atoms with Crippen molar-refractivity contribution in [3.63, 3.8) is 0 Å². The van der Waals surface area contributed by atoms with Gasteiger partial charge in [0.05, 0.1) is 17.6 Å². The first-order valence-corrected chi connectivity index (χ1v) is 14.1. The lowest BCUT2D eigenvalue weighted by Gasteiger charge is -2.37. The maximum absolute atomic E-state index is 14.1. The maximum atomic E-state index is 14.1. The lowest BCUT2D eigenvalue weighted by Crippen LogP contribution is -2.42. The number of aliphatic imine (C=N–C) groups is 1. The number of hydrogen-bond acceptors (Lipinski definition) is 4. The molecule has 4 unspecified atom stereocenters. The van der Waals surface area contributed by atoms with Gasteiger partial charge < -0.3 is 16.0 Å². The number of amidine groups is 1. The largest absolute Gasteiger partial charge is 0.386 e. The number of benzene rings is 2. The Balaban J connectivity index is 1.68. The van der Waals surface area contributed by atoms with Gasteiger partial charge in [0, 0.05) is 11.1 Å². The van der Waals surface area contributed by atoms with Crippen LogP contribution in [0.5, 0.6) is 0 Å². The Hall–Kier alpha value is -3.19. The molecule has 7 nitrogen and oxygen atoms in total. The zero-order valence-corrected chi connectivity index (χ0v) is 24.3. The fraction of sp³-hybridized carbons (Fsp3) is 0.484. The highest BCUT2D eigenvalue weighted by atomic mass is 35.5. The third-order valence-corrected chi connectivity index (χ3v) is 8.62. The van der Waals surface area contributed by atoms with Crippen LogP contribution in [0.25, 0.3) is 0 Å². The van der Waals surface area contributed by atoms with Crippen LogP contribution < -0.4 is 11.1 Å². The van der Waals surface area contributed by atoms with E-state index in [0.29, 0.717) is 39.6 Å². The van der Waals surface area contributed by atoms with Crippen molar-refractivity contribution in [2.24, 2.45) is 33.9 Å². The van der Waals surface area contributed by atoms with E-state index in [1.54, 1.807) is 18.2 Å². The van der Waals surface area contributed by atoms with Crippen molar-refractivity contribution in [2.75, 3.05) is 6.54 Å². The van der Waals surface area contributed by atoms with Crippen molar-refractivity contribution in [1.82, 2.24) is 10.2 Å². The van der Waals surface area contributed by atoms with Crippen LogP contribution in [0, 0.1) is 28.6 Å². The Kier molecular flexibility index (Phi) is 8.50. The van der Waals surface area contributed by atoms with Crippen molar-refractivity contribution in [3.05, 3.63) is 70.2 Å². The Labute approximate surface area is 236 Å². The number of carbonyl (C=O) groups excluding carboxylic acids is 2. The maximum Gasteiger partial charge on any atom is 0.274 e. The second-order valence-corrected chi connectivity index (χ2v) is 12.5. The fourth-order valence-corrected chi connectivity index (χ4v) is 5.64. The molecule has 0 bridgehead atoms. The third kappa shape index (κ3) is 6.52. The van der Waals surface area contributed by atoms with E-state index in [1.807, 2.05) is 35.2 Å². The molecule has 1 heterocycles. The van der Waals surface area contributed by atoms with Gasteiger partial charge in [0.15, 0.2) is 0 Å². The summed E-state index contributed by atoms with van der Waals surface area (Å²) in [5.74, 6) is 0.628. The highest BCUT2D eigenvalue weighted by molar-refractivity contribution is 6.50. The van der Waals surface area contributed by atoms with Crippen LogP contribution >= 0.6 is 11.6 Å². The Morgan fingerprint density at radius 1 is 1.15 bits per heavy atom. The first kappa shape index (κ1) is 28.8. The van der Waals surface area contributed by atoms with Gasteiger partial charge in [-0.25, -0.2) is 0 Å². The first-order chi connectivity index (χ1) is 18.4. The van der Waals surface area contributed by atoms with Gasteiger partial charge in [-0.2, -0.15) is 0 Å². The van der Waals surface area contributed by atoms with Crippen molar-refractivity contribution in [3.8, 4) is 0 Å². The molecule has 0 spiro atoms. The molecule has 1 aliphatic heterocycles. The van der Waals surface area contributed by atoms with E-state index >= 15 is 0 Å². The molecule has 2 aromatic rings. The lowest BCUT2D eigenvalue weighted by atomic mass is 9.73. The van der Waals surface area contributed by atoms with E-state index in [1.165, 1.54) is 0 Å². The number of halogens is 1. The van der Waals surface area contributed by atoms with Gasteiger partial charge in [-0.3, -0.25) is 20.0 Å². The van der Waals surface area contributed by atoms with Gasteiger partial charge in [-0.15, -0.1) is 0 Å². The van der Waals surface area contributed by atoms with E-state index in [2.05, 4.69) is 39.9 Å². The van der Waals surface area contributed by atoms with Crippen molar-refractivity contribution in [2.45, 2.75) is 66.1 Å². The van der Waals surface area contributed by atoms with E-state index in [0.717, 1.165) is 24.8 Å². The fourth-order valence-electron chi connectivity index (χ4n) is 5.41. The first-order valence-electron chi connectivity index (χ1n) is 13.7. The molecular weight excluding hydrogens is 510 g/mol. The summed E-state index contributed by atoms with van der Waals surface area (Å²) in [6, 6.07) is 14.7. The van der Waals surface area contributed by atoms with Crippen molar-refractivity contribution < 1.29 is 9.59 Å². The monoisotopic (exact) mass is 549 g/mol. The van der Waals surface area contributed by atoms with E-state index < -0.39 is 0 Å². The predicted octanol–water partition coefficient (Wildman–Crippen LogP) is 5.82. The van der Waals surface area contributed by atoms with Crippen LogP contribution in [0.4, 0.5) is 0 Å². The average molecular weight is 550 g/mol. The molecule has 208 valence electrons. The molecule has 4 atom stereocenters.